The van der Waals surface area contributed by atoms with Crippen LogP contribution in [0.1, 0.15) is 5.69 Å². The summed E-state index contributed by atoms with van der Waals surface area (Å²) < 4.78 is 7.59. The van der Waals surface area contributed by atoms with Gasteiger partial charge in [0, 0.05) is 29.3 Å². The number of aryl methyl sites for hydroxylation is 1. The summed E-state index contributed by atoms with van der Waals surface area (Å²) in [4.78, 5) is 26.6. The summed E-state index contributed by atoms with van der Waals surface area (Å²) in [5.41, 5.74) is 9.13. The van der Waals surface area contributed by atoms with Crippen LogP contribution in [-0.4, -0.2) is 21.4 Å². The number of nitrogens with zero attached hydrogens (tertiary/aromatic N) is 2. The van der Waals surface area contributed by atoms with E-state index in [1.54, 1.807) is 18.3 Å². The molecule has 0 fully saturated rings. The molecule has 8 heteroatoms. The second kappa shape index (κ2) is 7.01. The van der Waals surface area contributed by atoms with Crippen LogP contribution < -0.4 is 15.8 Å². The van der Waals surface area contributed by atoms with E-state index in [1.807, 2.05) is 23.5 Å². The van der Waals surface area contributed by atoms with Gasteiger partial charge < -0.3 is 20.2 Å². The van der Waals surface area contributed by atoms with Gasteiger partial charge in [-0.1, -0.05) is 18.7 Å². The van der Waals surface area contributed by atoms with Crippen molar-refractivity contribution in [2.24, 2.45) is 5.73 Å². The molecule has 3 rings (SSSR count). The van der Waals surface area contributed by atoms with Crippen LogP contribution in [0.3, 0.4) is 0 Å². The van der Waals surface area contributed by atoms with Crippen molar-refractivity contribution in [1.82, 2.24) is 9.38 Å². The van der Waals surface area contributed by atoms with Crippen LogP contribution in [0.15, 0.2) is 53.8 Å². The van der Waals surface area contributed by atoms with Gasteiger partial charge in [0.15, 0.2) is 0 Å². The number of rotatable bonds is 4. The lowest BCUT2D eigenvalue weighted by atomic mass is 10.1. The lowest BCUT2D eigenvalue weighted by Gasteiger charge is -2.05. The molecule has 0 aliphatic carbocycles. The summed E-state index contributed by atoms with van der Waals surface area (Å²) in [5.74, 6) is -0.153. The van der Waals surface area contributed by atoms with E-state index in [0.29, 0.717) is 11.2 Å². The first-order valence-electron chi connectivity index (χ1n) is 7.58. The Bertz CT molecular complexity index is 1030. The number of anilines is 1. The number of hydrogen-bond acceptors (Lipinski definition) is 4. The summed E-state index contributed by atoms with van der Waals surface area (Å²) in [6.07, 6.45) is 3.58. The maximum atomic E-state index is 11.4. The Hall–Kier alpha value is -3.13. The highest BCUT2D eigenvalue weighted by Gasteiger charge is 2.20. The van der Waals surface area contributed by atoms with Gasteiger partial charge in [0.2, 0.25) is 11.8 Å². The van der Waals surface area contributed by atoms with Gasteiger partial charge in [-0.25, -0.2) is 9.78 Å². The lowest BCUT2D eigenvalue weighted by molar-refractivity contribution is -0.111. The van der Waals surface area contributed by atoms with Crippen molar-refractivity contribution in [2.45, 2.75) is 6.92 Å². The lowest BCUT2D eigenvalue weighted by Crippen LogP contribution is -2.17. The number of benzene rings is 1. The predicted octanol–water partition coefficient (Wildman–Crippen LogP) is 3.65. The molecule has 132 valence electrons. The van der Waals surface area contributed by atoms with E-state index in [4.69, 9.17) is 10.5 Å². The van der Waals surface area contributed by atoms with Crippen molar-refractivity contribution in [3.63, 3.8) is 0 Å². The van der Waals surface area contributed by atoms with Gasteiger partial charge >= 0.3 is 6.09 Å². The molecule has 0 atom stereocenters. The number of carbonyl (C=O) groups excluding carboxylic acids is 2. The molecule has 2 aromatic heterocycles. The van der Waals surface area contributed by atoms with Crippen LogP contribution in [-0.2, 0) is 4.79 Å². The van der Waals surface area contributed by atoms with E-state index >= 15 is 0 Å². The summed E-state index contributed by atoms with van der Waals surface area (Å²) in [6.45, 7) is 5.37. The van der Waals surface area contributed by atoms with Gasteiger partial charge in [-0.05, 0) is 46.6 Å². The van der Waals surface area contributed by atoms with Crippen molar-refractivity contribution in [3.8, 4) is 17.0 Å². The summed E-state index contributed by atoms with van der Waals surface area (Å²) in [6, 6.07) is 7.36. The van der Waals surface area contributed by atoms with Crippen LogP contribution in [0.4, 0.5) is 10.5 Å². The third-order valence-corrected chi connectivity index (χ3v) is 4.60. The van der Waals surface area contributed by atoms with Crippen molar-refractivity contribution in [3.05, 3.63) is 59.5 Å². The molecule has 0 aliphatic heterocycles. The Morgan fingerprint density at radius 1 is 1.35 bits per heavy atom. The van der Waals surface area contributed by atoms with Crippen LogP contribution in [0, 0.1) is 6.92 Å². The van der Waals surface area contributed by atoms with Crippen LogP contribution >= 0.6 is 15.9 Å². The maximum absolute atomic E-state index is 11.4. The first-order chi connectivity index (χ1) is 12.4. The Balaban J connectivity index is 2.09. The molecule has 0 aliphatic rings. The summed E-state index contributed by atoms with van der Waals surface area (Å²) >= 11 is 3.57. The molecule has 0 saturated heterocycles. The Morgan fingerprint density at radius 3 is 2.65 bits per heavy atom. The molecule has 0 spiro atoms. The minimum Gasteiger partial charge on any atom is -0.389 e. The minimum absolute atomic E-state index is 0.121. The standard InChI is InChI=1S/C18H15BrN4O3/c1-3-13(24)22-12-6-4-11(5-7-12)14-10(2)23-9-8-21-17(26-18(20)25)16(23)15(14)19/h3-9H,1H2,2H3,(H2,20,25)(H,22,24). The van der Waals surface area contributed by atoms with Crippen LogP contribution in [0.25, 0.3) is 16.6 Å². The molecule has 0 unspecified atom stereocenters. The number of fused-ring (bicyclic) bond motifs is 1. The van der Waals surface area contributed by atoms with E-state index in [2.05, 4.69) is 32.8 Å². The third-order valence-electron chi connectivity index (χ3n) is 3.83. The first kappa shape index (κ1) is 17.7. The van der Waals surface area contributed by atoms with Gasteiger partial charge in [-0.15, -0.1) is 0 Å². The Morgan fingerprint density at radius 2 is 2.04 bits per heavy atom. The molecule has 3 N–H and O–H groups in total. The molecule has 2 heterocycles. The number of amides is 2. The summed E-state index contributed by atoms with van der Waals surface area (Å²) in [5, 5.41) is 2.70. The van der Waals surface area contributed by atoms with Crippen molar-refractivity contribution in [2.75, 3.05) is 5.32 Å². The van der Waals surface area contributed by atoms with E-state index in [9.17, 15) is 9.59 Å². The van der Waals surface area contributed by atoms with Crippen molar-refractivity contribution >= 4 is 39.1 Å². The molecule has 7 nitrogen and oxygen atoms in total. The zero-order valence-electron chi connectivity index (χ0n) is 13.8. The molecule has 3 aromatic rings. The monoisotopic (exact) mass is 414 g/mol. The second-order valence-electron chi connectivity index (χ2n) is 5.42. The molecule has 26 heavy (non-hydrogen) atoms. The van der Waals surface area contributed by atoms with Crippen molar-refractivity contribution < 1.29 is 14.3 Å². The van der Waals surface area contributed by atoms with Gasteiger partial charge in [-0.3, -0.25) is 4.79 Å². The van der Waals surface area contributed by atoms with E-state index < -0.39 is 6.09 Å². The highest BCUT2D eigenvalue weighted by Crippen LogP contribution is 2.40. The average Bonchev–Trinajstić information content (AvgIpc) is 2.87. The zero-order valence-corrected chi connectivity index (χ0v) is 15.4. The topological polar surface area (TPSA) is 98.7 Å². The average molecular weight is 415 g/mol. The van der Waals surface area contributed by atoms with Crippen molar-refractivity contribution in [1.29, 1.82) is 0 Å². The zero-order chi connectivity index (χ0) is 18.8. The van der Waals surface area contributed by atoms with E-state index in [-0.39, 0.29) is 11.8 Å². The number of nitrogens with two attached hydrogens (primary N) is 1. The third kappa shape index (κ3) is 3.18. The Kier molecular flexibility index (Phi) is 4.77. The van der Waals surface area contributed by atoms with Crippen LogP contribution in [0.2, 0.25) is 0 Å². The number of aromatic nitrogens is 2. The molecule has 1 aromatic carbocycles. The van der Waals surface area contributed by atoms with Gasteiger partial charge in [-0.2, -0.15) is 0 Å². The fourth-order valence-corrected chi connectivity index (χ4v) is 3.58. The van der Waals surface area contributed by atoms with Gasteiger partial charge in [0.25, 0.3) is 0 Å². The number of nitrogens with one attached hydrogen (secondary N) is 1. The van der Waals surface area contributed by atoms with Crippen LogP contribution in [0.5, 0.6) is 5.88 Å². The molecule has 0 saturated carbocycles. The number of ether oxygens (including phenoxy) is 1. The molecule has 0 radical (unpaired) electrons. The maximum Gasteiger partial charge on any atom is 0.411 e. The van der Waals surface area contributed by atoms with E-state index in [1.165, 1.54) is 12.3 Å². The quantitative estimate of drug-likeness (QED) is 0.636. The predicted molar refractivity (Wildman–Crippen MR) is 102 cm³/mol. The van der Waals surface area contributed by atoms with E-state index in [0.717, 1.165) is 21.3 Å². The number of halogens is 1. The van der Waals surface area contributed by atoms with Gasteiger partial charge in [0.1, 0.15) is 5.52 Å². The molecule has 0 bridgehead atoms. The fraction of sp³-hybridized carbons (Fsp3) is 0.0556. The largest absolute Gasteiger partial charge is 0.411 e. The summed E-state index contributed by atoms with van der Waals surface area (Å²) in [7, 11) is 0. The van der Waals surface area contributed by atoms with Gasteiger partial charge in [0.05, 0.1) is 4.47 Å². The first-order valence-corrected chi connectivity index (χ1v) is 8.38. The molecule has 2 amide bonds. The normalized spacial score (nSPS) is 10.5. The SMILES string of the molecule is C=CC(=O)Nc1ccc(-c2c(Br)c3c(OC(N)=O)nccn3c2C)cc1. The smallest absolute Gasteiger partial charge is 0.389 e. The number of primary amides is 1. The fourth-order valence-electron chi connectivity index (χ4n) is 2.70. The second-order valence-corrected chi connectivity index (χ2v) is 6.21. The minimum atomic E-state index is -0.930. The highest BCUT2D eigenvalue weighted by molar-refractivity contribution is 9.10. The highest BCUT2D eigenvalue weighted by atomic mass is 79.9. The number of hydrogen-bond donors (Lipinski definition) is 2. The number of carbonyl (C=O) groups is 2. The Labute approximate surface area is 157 Å². The molecular formula is C18H15BrN4O3. The molecular weight excluding hydrogens is 400 g/mol.